The smallest absolute Gasteiger partial charge is 0.233 e. The summed E-state index contributed by atoms with van der Waals surface area (Å²) in [6.07, 6.45) is 6.39. The second kappa shape index (κ2) is 7.91. The number of amides is 1. The Bertz CT molecular complexity index is 961. The summed E-state index contributed by atoms with van der Waals surface area (Å²) in [6, 6.07) is 9.80. The minimum absolute atomic E-state index is 0.0125. The predicted octanol–water partition coefficient (Wildman–Crippen LogP) is 2.07. The number of aromatic amines is 1. The number of fused-ring (bicyclic) bond motifs is 1. The molecule has 0 saturated heterocycles. The molecule has 4 rings (SSSR count). The number of hydrogen-bond donors (Lipinski definition) is 4. The number of carbonyl (C=O) groups excluding carboxylic acids is 1. The number of rotatable bonds is 6. The van der Waals surface area contributed by atoms with Crippen molar-refractivity contribution in [2.24, 2.45) is 4.99 Å². The number of anilines is 2. The lowest BCUT2D eigenvalue weighted by atomic mass is 10.3. The quantitative estimate of drug-likeness (QED) is 0.562. The maximum atomic E-state index is 11.5. The number of hydrogen-bond acceptors (Lipinski definition) is 6. The second-order valence-corrected chi connectivity index (χ2v) is 7.62. The zero-order chi connectivity index (χ0) is 19.5. The van der Waals surface area contributed by atoms with Crippen LogP contribution in [-0.4, -0.2) is 32.8 Å². The molecule has 2 aliphatic rings. The van der Waals surface area contributed by atoms with E-state index in [4.69, 9.17) is 0 Å². The molecule has 1 aromatic carbocycles. The van der Waals surface area contributed by atoms with Gasteiger partial charge in [0.15, 0.2) is 5.82 Å². The summed E-state index contributed by atoms with van der Waals surface area (Å²) in [6.45, 7) is 4.52. The normalized spacial score (nSPS) is 17.8. The van der Waals surface area contributed by atoms with Crippen molar-refractivity contribution < 1.29 is 9.69 Å². The first-order valence-corrected chi connectivity index (χ1v) is 9.84. The number of nitrogens with one attached hydrogen (secondary N) is 4. The summed E-state index contributed by atoms with van der Waals surface area (Å²) < 4.78 is 2.14. The van der Waals surface area contributed by atoms with Gasteiger partial charge in [-0.05, 0) is 43.1 Å². The fourth-order valence-corrected chi connectivity index (χ4v) is 3.78. The van der Waals surface area contributed by atoms with Crippen LogP contribution in [0.3, 0.4) is 0 Å². The van der Waals surface area contributed by atoms with E-state index in [1.54, 1.807) is 11.9 Å². The molecule has 1 aromatic heterocycles. The Kier molecular flexibility index (Phi) is 5.18. The van der Waals surface area contributed by atoms with Crippen molar-refractivity contribution in [2.75, 3.05) is 17.2 Å². The molecule has 144 valence electrons. The molecule has 1 unspecified atom stereocenters. The second-order valence-electron chi connectivity index (χ2n) is 6.50. The average molecular weight is 397 g/mol. The van der Waals surface area contributed by atoms with Gasteiger partial charge in [-0.1, -0.05) is 6.92 Å². The summed E-state index contributed by atoms with van der Waals surface area (Å²) in [5.41, 5.74) is 1.81. The van der Waals surface area contributed by atoms with Crippen LogP contribution in [0.2, 0.25) is 0 Å². The van der Waals surface area contributed by atoms with Crippen LogP contribution in [0.25, 0.3) is 0 Å². The molecular weight excluding hydrogens is 374 g/mol. The molecule has 0 spiro atoms. The number of quaternary nitrogens is 1. The average Bonchev–Trinajstić information content (AvgIpc) is 3.32. The molecule has 0 fully saturated rings. The van der Waals surface area contributed by atoms with E-state index in [2.05, 4.69) is 36.3 Å². The number of H-pyrrole nitrogens is 1. The molecule has 3 heterocycles. The predicted molar refractivity (Wildman–Crippen MR) is 110 cm³/mol. The fourth-order valence-electron chi connectivity index (χ4n) is 2.91. The van der Waals surface area contributed by atoms with Crippen LogP contribution in [0.1, 0.15) is 19.0 Å². The van der Waals surface area contributed by atoms with Crippen molar-refractivity contribution in [3.8, 4) is 0 Å². The summed E-state index contributed by atoms with van der Waals surface area (Å²) in [5.74, 6) is 2.78. The van der Waals surface area contributed by atoms with E-state index >= 15 is 0 Å². The number of nitrogens with zero attached hydrogens (tertiary/aromatic N) is 3. The molecule has 8 nitrogen and oxygen atoms in total. The lowest BCUT2D eigenvalue weighted by Crippen LogP contribution is -3.10. The van der Waals surface area contributed by atoms with Crippen LogP contribution in [0.15, 0.2) is 64.6 Å². The highest BCUT2D eigenvalue weighted by molar-refractivity contribution is 7.97. The van der Waals surface area contributed by atoms with Gasteiger partial charge >= 0.3 is 0 Å². The Labute approximate surface area is 167 Å². The number of aliphatic imine (C=N–C) groups is 1. The lowest BCUT2D eigenvalue weighted by Gasteiger charge is -2.27. The van der Waals surface area contributed by atoms with Gasteiger partial charge in [-0.2, -0.15) is 5.10 Å². The van der Waals surface area contributed by atoms with Gasteiger partial charge in [-0.25, -0.2) is 9.89 Å². The molecule has 1 amide bonds. The number of aryl methyl sites for hydroxylation is 1. The van der Waals surface area contributed by atoms with Gasteiger partial charge in [-0.15, -0.1) is 0 Å². The van der Waals surface area contributed by atoms with Crippen molar-refractivity contribution in [2.45, 2.75) is 25.2 Å². The SMILES string of the molecule is CCC(=O)Nc1ccc(SN2C=C(Nc3cc(C)[nH]n3)[NH+]3C=CN=C3C2)cc1. The highest BCUT2D eigenvalue weighted by Crippen LogP contribution is 2.26. The van der Waals surface area contributed by atoms with Crippen molar-refractivity contribution in [1.29, 1.82) is 0 Å². The Morgan fingerprint density at radius 1 is 1.36 bits per heavy atom. The van der Waals surface area contributed by atoms with Crippen LogP contribution < -0.4 is 15.5 Å². The molecule has 1 atom stereocenters. The number of carbonyl (C=O) groups is 1. The van der Waals surface area contributed by atoms with Crippen LogP contribution >= 0.6 is 11.9 Å². The van der Waals surface area contributed by atoms with E-state index in [1.807, 2.05) is 56.6 Å². The van der Waals surface area contributed by atoms with Crippen molar-refractivity contribution >= 4 is 35.2 Å². The maximum absolute atomic E-state index is 11.5. The maximum Gasteiger partial charge on any atom is 0.233 e. The third-order valence-corrected chi connectivity index (χ3v) is 5.25. The minimum Gasteiger partial charge on any atom is -0.326 e. The van der Waals surface area contributed by atoms with Crippen LogP contribution in [0.4, 0.5) is 11.5 Å². The van der Waals surface area contributed by atoms with E-state index < -0.39 is 0 Å². The van der Waals surface area contributed by atoms with Gasteiger partial charge in [0.25, 0.3) is 0 Å². The van der Waals surface area contributed by atoms with E-state index in [0.29, 0.717) is 13.0 Å². The van der Waals surface area contributed by atoms with Crippen molar-refractivity contribution in [1.82, 2.24) is 14.5 Å². The van der Waals surface area contributed by atoms with Crippen LogP contribution in [0.5, 0.6) is 0 Å². The van der Waals surface area contributed by atoms with Crippen molar-refractivity contribution in [3.05, 3.63) is 60.4 Å². The molecule has 4 N–H and O–H groups in total. The zero-order valence-electron chi connectivity index (χ0n) is 15.7. The summed E-state index contributed by atoms with van der Waals surface area (Å²) in [7, 11) is 0. The Morgan fingerprint density at radius 2 is 2.18 bits per heavy atom. The monoisotopic (exact) mass is 396 g/mol. The largest absolute Gasteiger partial charge is 0.326 e. The van der Waals surface area contributed by atoms with Gasteiger partial charge < -0.3 is 5.32 Å². The molecule has 0 saturated carbocycles. The van der Waals surface area contributed by atoms with Gasteiger partial charge in [0, 0.05) is 28.8 Å². The molecule has 0 bridgehead atoms. The molecule has 2 aliphatic heterocycles. The van der Waals surface area contributed by atoms with Crippen LogP contribution in [0, 0.1) is 6.92 Å². The molecule has 0 aliphatic carbocycles. The Hall–Kier alpha value is -3.04. The number of amidine groups is 1. The highest BCUT2D eigenvalue weighted by Gasteiger charge is 2.32. The number of benzene rings is 1. The fraction of sp³-hybridized carbons (Fsp3) is 0.211. The summed E-state index contributed by atoms with van der Waals surface area (Å²) in [5, 5.41) is 13.4. The Morgan fingerprint density at radius 3 is 2.89 bits per heavy atom. The highest BCUT2D eigenvalue weighted by atomic mass is 32.2. The molecule has 0 radical (unpaired) electrons. The van der Waals surface area contributed by atoms with E-state index in [0.717, 1.165) is 38.7 Å². The van der Waals surface area contributed by atoms with Crippen molar-refractivity contribution in [3.63, 3.8) is 0 Å². The molecular formula is C19H22N7OS+. The van der Waals surface area contributed by atoms with Gasteiger partial charge in [0.1, 0.15) is 12.7 Å². The zero-order valence-corrected chi connectivity index (χ0v) is 16.5. The first-order valence-electron chi connectivity index (χ1n) is 9.07. The molecule has 9 heteroatoms. The lowest BCUT2D eigenvalue weighted by molar-refractivity contribution is -0.699. The van der Waals surface area contributed by atoms with E-state index in [-0.39, 0.29) is 5.91 Å². The minimum atomic E-state index is 0.0125. The van der Waals surface area contributed by atoms with Gasteiger partial charge in [0.05, 0.1) is 12.4 Å². The van der Waals surface area contributed by atoms with E-state index in [9.17, 15) is 4.79 Å². The van der Waals surface area contributed by atoms with Gasteiger partial charge in [-0.3, -0.25) is 19.5 Å². The van der Waals surface area contributed by atoms with Gasteiger partial charge in [0.2, 0.25) is 17.6 Å². The third kappa shape index (κ3) is 4.10. The first kappa shape index (κ1) is 18.3. The standard InChI is InChI=1S/C19H21N7OS/c1-3-19(27)21-14-4-6-15(7-5-14)28-25-11-17-20-8-9-26(17)18(12-25)22-16-10-13(2)23-24-16/h4-10,12H,3,11H2,1-2H3,(H,21,27)(H2,22,23,24)/p+1. The topological polar surface area (TPSA) is 89.9 Å². The first-order chi connectivity index (χ1) is 13.6. The Balaban J connectivity index is 1.48. The number of aromatic nitrogens is 2. The van der Waals surface area contributed by atoms with E-state index in [1.165, 1.54) is 0 Å². The molecule has 28 heavy (non-hydrogen) atoms. The molecule has 2 aromatic rings. The summed E-state index contributed by atoms with van der Waals surface area (Å²) >= 11 is 1.62. The summed E-state index contributed by atoms with van der Waals surface area (Å²) in [4.78, 5) is 18.2. The van der Waals surface area contributed by atoms with Crippen LogP contribution in [-0.2, 0) is 4.79 Å². The third-order valence-electron chi connectivity index (χ3n) is 4.30.